The molecule has 2 heterocycles. The van der Waals surface area contributed by atoms with E-state index in [0.717, 1.165) is 24.7 Å². The summed E-state index contributed by atoms with van der Waals surface area (Å²) >= 11 is 0. The van der Waals surface area contributed by atoms with Crippen molar-refractivity contribution in [2.24, 2.45) is 0 Å². The number of phosphoric ester groups is 1. The average Bonchev–Trinajstić information content (AvgIpc) is 3.19. The van der Waals surface area contributed by atoms with Gasteiger partial charge in [0.25, 0.3) is 0 Å². The van der Waals surface area contributed by atoms with Crippen LogP contribution in [0.3, 0.4) is 0 Å². The first-order chi connectivity index (χ1) is 14.6. The molecule has 0 fully saturated rings. The van der Waals surface area contributed by atoms with Gasteiger partial charge in [-0.3, -0.25) is 4.52 Å². The van der Waals surface area contributed by atoms with Gasteiger partial charge in [-0.2, -0.15) is 5.10 Å². The van der Waals surface area contributed by atoms with Crippen LogP contribution in [-0.2, 0) is 26.0 Å². The second-order valence-corrected chi connectivity index (χ2v) is 7.71. The Balaban J connectivity index is 2.18. The Labute approximate surface area is 173 Å². The van der Waals surface area contributed by atoms with E-state index in [4.69, 9.17) is 14.5 Å². The number of benzene rings is 1. The van der Waals surface area contributed by atoms with E-state index < -0.39 is 43.6 Å². The minimum absolute atomic E-state index is 0.185. The lowest BCUT2D eigenvalue weighted by molar-refractivity contribution is -0.141. The van der Waals surface area contributed by atoms with Crippen LogP contribution in [0.5, 0.6) is 0 Å². The molecule has 0 aliphatic rings. The van der Waals surface area contributed by atoms with E-state index in [1.165, 1.54) is 24.3 Å². The first kappa shape index (κ1) is 23.0. The summed E-state index contributed by atoms with van der Waals surface area (Å²) < 4.78 is 65.4. The maximum atomic E-state index is 14.9. The van der Waals surface area contributed by atoms with Crippen LogP contribution in [0.4, 0.5) is 13.2 Å². The molecule has 0 radical (unpaired) electrons. The first-order valence-electron chi connectivity index (χ1n) is 8.70. The third-order valence-electron chi connectivity index (χ3n) is 4.59. The molecule has 0 unspecified atom stereocenters. The van der Waals surface area contributed by atoms with Crippen molar-refractivity contribution in [3.8, 4) is 0 Å². The molecule has 14 heteroatoms. The fourth-order valence-corrected chi connectivity index (χ4v) is 3.34. The molecule has 2 aromatic heterocycles. The predicted octanol–water partition coefficient (Wildman–Crippen LogP) is 2.27. The molecule has 3 rings (SSSR count). The van der Waals surface area contributed by atoms with Crippen LogP contribution in [0, 0.1) is 17.5 Å². The van der Waals surface area contributed by atoms with Crippen LogP contribution in [-0.4, -0.2) is 41.3 Å². The zero-order valence-electron chi connectivity index (χ0n) is 16.0. The Bertz CT molecular complexity index is 1080. The summed E-state index contributed by atoms with van der Waals surface area (Å²) in [6.45, 7) is 0.125. The fourth-order valence-electron chi connectivity index (χ4n) is 3.15. The summed E-state index contributed by atoms with van der Waals surface area (Å²) in [7, 11) is -4.96. The standard InChI is InChI=1S/C17H17F3N5O5P/c1-11(16-15(20)5-21-7-23-16)17(6-25-9-22-8-24-25,29-10-30-31(26,27)28)13-3-2-12(18)4-14(13)19/h2-5,7-9,11H,6,10H2,1H3,(H2,26,27,28)/t11-,17+/m0/s1. The van der Waals surface area contributed by atoms with E-state index in [9.17, 15) is 17.7 Å². The number of nitrogens with zero attached hydrogens (tertiary/aromatic N) is 5. The van der Waals surface area contributed by atoms with E-state index in [0.29, 0.717) is 6.07 Å². The van der Waals surface area contributed by atoms with Gasteiger partial charge in [-0.15, -0.1) is 0 Å². The number of halogens is 3. The average molecular weight is 459 g/mol. The van der Waals surface area contributed by atoms with E-state index in [-0.39, 0.29) is 17.8 Å². The Hall–Kier alpha value is -2.70. The molecule has 0 aliphatic heterocycles. The maximum Gasteiger partial charge on any atom is 0.471 e. The van der Waals surface area contributed by atoms with Crippen molar-refractivity contribution in [3.05, 3.63) is 72.1 Å². The highest BCUT2D eigenvalue weighted by molar-refractivity contribution is 7.46. The molecule has 0 spiro atoms. The second-order valence-electron chi connectivity index (χ2n) is 6.47. The SMILES string of the molecule is C[C@@H](c1ncncc1F)[C@@](Cn1cncn1)(OCOP(=O)(O)O)c1ccc(F)cc1F. The van der Waals surface area contributed by atoms with Gasteiger partial charge < -0.3 is 14.5 Å². The highest BCUT2D eigenvalue weighted by Gasteiger charge is 2.45. The predicted molar refractivity (Wildman–Crippen MR) is 97.5 cm³/mol. The van der Waals surface area contributed by atoms with Crippen molar-refractivity contribution >= 4 is 7.82 Å². The third-order valence-corrected chi connectivity index (χ3v) is 5.04. The molecule has 2 N–H and O–H groups in total. The molecular formula is C17H17F3N5O5P. The summed E-state index contributed by atoms with van der Waals surface area (Å²) in [6, 6.07) is 2.64. The highest BCUT2D eigenvalue weighted by atomic mass is 31.2. The molecule has 3 aromatic rings. The molecule has 1 aromatic carbocycles. The van der Waals surface area contributed by atoms with Gasteiger partial charge in [0.2, 0.25) is 0 Å². The first-order valence-corrected chi connectivity index (χ1v) is 10.2. The second kappa shape index (κ2) is 9.20. The van der Waals surface area contributed by atoms with Crippen LogP contribution in [0.2, 0.25) is 0 Å². The molecule has 31 heavy (non-hydrogen) atoms. The third kappa shape index (κ3) is 5.32. The van der Waals surface area contributed by atoms with Gasteiger partial charge in [0, 0.05) is 17.5 Å². The topological polar surface area (TPSA) is 132 Å². The number of hydrogen-bond donors (Lipinski definition) is 2. The maximum absolute atomic E-state index is 14.9. The van der Waals surface area contributed by atoms with Crippen LogP contribution in [0.1, 0.15) is 24.1 Å². The molecule has 0 bridgehead atoms. The van der Waals surface area contributed by atoms with Gasteiger partial charge in [0.15, 0.2) is 12.6 Å². The van der Waals surface area contributed by atoms with Crippen molar-refractivity contribution in [1.29, 1.82) is 0 Å². The van der Waals surface area contributed by atoms with Crippen LogP contribution in [0.25, 0.3) is 0 Å². The molecule has 0 aliphatic carbocycles. The van der Waals surface area contributed by atoms with Crippen LogP contribution < -0.4 is 0 Å². The summed E-state index contributed by atoms with van der Waals surface area (Å²) in [5.74, 6) is -3.85. The van der Waals surface area contributed by atoms with E-state index in [1.54, 1.807) is 0 Å². The summed E-state index contributed by atoms with van der Waals surface area (Å²) in [4.78, 5) is 29.3. The number of phosphoric acid groups is 1. The lowest BCUT2D eigenvalue weighted by Crippen LogP contribution is -2.42. The van der Waals surface area contributed by atoms with E-state index in [2.05, 4.69) is 24.6 Å². The van der Waals surface area contributed by atoms with E-state index >= 15 is 0 Å². The minimum Gasteiger partial charge on any atom is -0.341 e. The molecule has 2 atom stereocenters. The smallest absolute Gasteiger partial charge is 0.341 e. The Kier molecular flexibility index (Phi) is 6.82. The van der Waals surface area contributed by atoms with Crippen molar-refractivity contribution in [2.75, 3.05) is 6.79 Å². The van der Waals surface area contributed by atoms with E-state index in [1.807, 2.05) is 0 Å². The number of rotatable bonds is 9. The van der Waals surface area contributed by atoms with Crippen molar-refractivity contribution in [2.45, 2.75) is 25.0 Å². The van der Waals surface area contributed by atoms with Gasteiger partial charge in [0.05, 0.1) is 18.4 Å². The quantitative estimate of drug-likeness (QED) is 0.365. The van der Waals surface area contributed by atoms with Crippen LogP contribution >= 0.6 is 7.82 Å². The lowest BCUT2D eigenvalue weighted by atomic mass is 9.79. The monoisotopic (exact) mass is 459 g/mol. The summed E-state index contributed by atoms with van der Waals surface area (Å²) in [5, 5.41) is 3.94. The zero-order valence-corrected chi connectivity index (χ0v) is 16.9. The fraction of sp³-hybridized carbons (Fsp3) is 0.294. The summed E-state index contributed by atoms with van der Waals surface area (Å²) in [5.41, 5.74) is -2.34. The largest absolute Gasteiger partial charge is 0.471 e. The number of hydrogen-bond acceptors (Lipinski definition) is 7. The molecule has 0 amide bonds. The lowest BCUT2D eigenvalue weighted by Gasteiger charge is -2.39. The van der Waals surface area contributed by atoms with Crippen molar-refractivity contribution in [3.63, 3.8) is 0 Å². The Morgan fingerprint density at radius 2 is 1.97 bits per heavy atom. The van der Waals surface area contributed by atoms with Crippen molar-refractivity contribution < 1.29 is 36.8 Å². The molecule has 0 saturated heterocycles. The zero-order chi connectivity index (χ0) is 22.6. The Morgan fingerprint density at radius 3 is 2.58 bits per heavy atom. The molecular weight excluding hydrogens is 442 g/mol. The normalized spacial score (nSPS) is 14.9. The van der Waals surface area contributed by atoms with Crippen LogP contribution in [0.15, 0.2) is 43.4 Å². The number of aromatic nitrogens is 5. The van der Waals surface area contributed by atoms with Gasteiger partial charge >= 0.3 is 7.82 Å². The van der Waals surface area contributed by atoms with Gasteiger partial charge in [-0.05, 0) is 6.07 Å². The number of ether oxygens (including phenoxy) is 1. The van der Waals surface area contributed by atoms with Crippen molar-refractivity contribution in [1.82, 2.24) is 24.7 Å². The van der Waals surface area contributed by atoms with Gasteiger partial charge in [-0.1, -0.05) is 13.0 Å². The molecule has 166 valence electrons. The Morgan fingerprint density at radius 1 is 1.19 bits per heavy atom. The molecule has 0 saturated carbocycles. The highest BCUT2D eigenvalue weighted by Crippen LogP contribution is 2.44. The molecule has 10 nitrogen and oxygen atoms in total. The minimum atomic E-state index is -4.96. The summed E-state index contributed by atoms with van der Waals surface area (Å²) in [6.07, 6.45) is 4.43. The van der Waals surface area contributed by atoms with Gasteiger partial charge in [0.1, 0.15) is 36.2 Å². The van der Waals surface area contributed by atoms with Gasteiger partial charge in [-0.25, -0.2) is 37.4 Å².